The van der Waals surface area contributed by atoms with Crippen molar-refractivity contribution in [2.45, 2.75) is 6.92 Å². The highest BCUT2D eigenvalue weighted by Gasteiger charge is 2.08. The lowest BCUT2D eigenvalue weighted by molar-refractivity contribution is 0.0526. The molecule has 1 heterocycles. The summed E-state index contributed by atoms with van der Waals surface area (Å²) in [5.74, 6) is 1.45. The molecule has 0 aliphatic heterocycles. The third kappa shape index (κ3) is 4.89. The summed E-state index contributed by atoms with van der Waals surface area (Å²) in [6, 6.07) is 14.0. The number of benzene rings is 2. The first-order valence-electron chi connectivity index (χ1n) is 8.56. The fraction of sp³-hybridized carbons (Fsp3) is 0.150. The van der Waals surface area contributed by atoms with Crippen molar-refractivity contribution in [1.29, 1.82) is 0 Å². The number of nitrogens with one attached hydrogen (secondary N) is 2. The molecule has 8 heteroatoms. The molecule has 0 radical (unpaired) electrons. The van der Waals surface area contributed by atoms with Crippen LogP contribution in [0, 0.1) is 0 Å². The molecular formula is C20H19ClN4O3. The first kappa shape index (κ1) is 19.4. The molecule has 0 aliphatic carbocycles. The predicted molar refractivity (Wildman–Crippen MR) is 109 cm³/mol. The van der Waals surface area contributed by atoms with Gasteiger partial charge in [-0.05, 0) is 49.4 Å². The second kappa shape index (κ2) is 9.05. The van der Waals surface area contributed by atoms with E-state index in [1.807, 2.05) is 0 Å². The monoisotopic (exact) mass is 398 g/mol. The van der Waals surface area contributed by atoms with Crippen LogP contribution in [0.25, 0.3) is 0 Å². The average Bonchev–Trinajstić information content (AvgIpc) is 2.69. The number of hydrogen-bond donors (Lipinski definition) is 2. The van der Waals surface area contributed by atoms with Crippen molar-refractivity contribution in [2.75, 3.05) is 24.4 Å². The van der Waals surface area contributed by atoms with Gasteiger partial charge in [-0.25, -0.2) is 14.8 Å². The third-order valence-corrected chi connectivity index (χ3v) is 3.99. The summed E-state index contributed by atoms with van der Waals surface area (Å²) in [4.78, 5) is 20.1. The molecule has 0 saturated heterocycles. The summed E-state index contributed by atoms with van der Waals surface area (Å²) in [6.07, 6.45) is 1.44. The zero-order valence-electron chi connectivity index (χ0n) is 15.4. The standard InChI is InChI=1S/C20H19ClN4O3/c1-3-28-20(26)13-4-7-15(8-5-13)24-18-11-19(23-12-22-18)25-16-10-14(21)6-9-17(16)27-2/h4-12H,3H2,1-2H3,(H2,22,23,24,25). The maximum absolute atomic E-state index is 11.7. The van der Waals surface area contributed by atoms with Crippen LogP contribution in [0.5, 0.6) is 5.75 Å². The smallest absolute Gasteiger partial charge is 0.338 e. The van der Waals surface area contributed by atoms with Crippen molar-refractivity contribution in [3.05, 3.63) is 65.4 Å². The van der Waals surface area contributed by atoms with E-state index in [-0.39, 0.29) is 5.97 Å². The Morgan fingerprint density at radius 3 is 2.43 bits per heavy atom. The number of anilines is 4. The fourth-order valence-electron chi connectivity index (χ4n) is 2.46. The molecule has 0 fully saturated rings. The first-order valence-corrected chi connectivity index (χ1v) is 8.93. The number of nitrogens with zero attached hydrogens (tertiary/aromatic N) is 2. The minimum atomic E-state index is -0.349. The summed E-state index contributed by atoms with van der Waals surface area (Å²) in [6.45, 7) is 2.11. The predicted octanol–water partition coefficient (Wildman–Crippen LogP) is 4.80. The maximum atomic E-state index is 11.7. The van der Waals surface area contributed by atoms with Gasteiger partial charge in [0.1, 0.15) is 23.7 Å². The van der Waals surface area contributed by atoms with E-state index in [1.165, 1.54) is 6.33 Å². The van der Waals surface area contributed by atoms with Gasteiger partial charge in [-0.1, -0.05) is 11.6 Å². The van der Waals surface area contributed by atoms with E-state index in [9.17, 15) is 4.79 Å². The molecule has 3 aromatic rings. The van der Waals surface area contributed by atoms with E-state index in [2.05, 4.69) is 20.6 Å². The van der Waals surface area contributed by atoms with Crippen LogP contribution < -0.4 is 15.4 Å². The van der Waals surface area contributed by atoms with Crippen LogP contribution in [0.1, 0.15) is 17.3 Å². The lowest BCUT2D eigenvalue weighted by Crippen LogP contribution is -2.04. The Hall–Kier alpha value is -3.32. The molecule has 3 rings (SSSR count). The highest BCUT2D eigenvalue weighted by atomic mass is 35.5. The Morgan fingerprint density at radius 1 is 1.04 bits per heavy atom. The minimum Gasteiger partial charge on any atom is -0.495 e. The summed E-state index contributed by atoms with van der Waals surface area (Å²) < 4.78 is 10.3. The lowest BCUT2D eigenvalue weighted by Gasteiger charge is -2.12. The van der Waals surface area contributed by atoms with Gasteiger partial charge in [0, 0.05) is 16.8 Å². The number of rotatable bonds is 7. The minimum absolute atomic E-state index is 0.340. The molecule has 0 saturated carbocycles. The van der Waals surface area contributed by atoms with Crippen LogP contribution in [-0.4, -0.2) is 29.7 Å². The van der Waals surface area contributed by atoms with Crippen LogP contribution in [0.4, 0.5) is 23.0 Å². The molecule has 1 aromatic heterocycles. The van der Waals surface area contributed by atoms with E-state index in [4.69, 9.17) is 21.1 Å². The van der Waals surface area contributed by atoms with Crippen molar-refractivity contribution in [3.8, 4) is 5.75 Å². The number of ether oxygens (including phenoxy) is 2. The molecule has 0 spiro atoms. The van der Waals surface area contributed by atoms with Gasteiger partial charge >= 0.3 is 5.97 Å². The lowest BCUT2D eigenvalue weighted by atomic mass is 10.2. The van der Waals surface area contributed by atoms with Crippen LogP contribution in [0.3, 0.4) is 0 Å². The first-order chi connectivity index (χ1) is 13.6. The Kier molecular flexibility index (Phi) is 6.29. The summed E-state index contributed by atoms with van der Waals surface area (Å²) in [5, 5.41) is 6.92. The van der Waals surface area contributed by atoms with Crippen LogP contribution >= 0.6 is 11.6 Å². The van der Waals surface area contributed by atoms with Crippen LogP contribution in [0.15, 0.2) is 54.9 Å². The largest absolute Gasteiger partial charge is 0.495 e. The molecule has 2 N–H and O–H groups in total. The van der Waals surface area contributed by atoms with Gasteiger partial charge in [0.05, 0.1) is 25.0 Å². The Bertz CT molecular complexity index is 964. The molecule has 0 bridgehead atoms. The fourth-order valence-corrected chi connectivity index (χ4v) is 2.63. The molecule has 0 unspecified atom stereocenters. The molecular weight excluding hydrogens is 380 g/mol. The topological polar surface area (TPSA) is 85.4 Å². The quantitative estimate of drug-likeness (QED) is 0.552. The van der Waals surface area contributed by atoms with Crippen molar-refractivity contribution >= 4 is 40.6 Å². The van der Waals surface area contributed by atoms with Gasteiger partial charge < -0.3 is 20.1 Å². The van der Waals surface area contributed by atoms with Crippen LogP contribution in [0.2, 0.25) is 5.02 Å². The van der Waals surface area contributed by atoms with Gasteiger partial charge in [-0.2, -0.15) is 0 Å². The molecule has 7 nitrogen and oxygen atoms in total. The van der Waals surface area contributed by atoms with E-state index >= 15 is 0 Å². The number of carbonyl (C=O) groups is 1. The Morgan fingerprint density at radius 2 is 1.75 bits per heavy atom. The summed E-state index contributed by atoms with van der Waals surface area (Å²) in [5.41, 5.74) is 1.96. The van der Waals surface area contributed by atoms with E-state index in [1.54, 1.807) is 62.6 Å². The molecule has 0 atom stereocenters. The molecule has 0 amide bonds. The molecule has 2 aromatic carbocycles. The maximum Gasteiger partial charge on any atom is 0.338 e. The molecule has 144 valence electrons. The van der Waals surface area contributed by atoms with Crippen molar-refractivity contribution in [2.24, 2.45) is 0 Å². The van der Waals surface area contributed by atoms with Gasteiger partial charge in [0.2, 0.25) is 0 Å². The summed E-state index contributed by atoms with van der Waals surface area (Å²) >= 11 is 6.06. The van der Waals surface area contributed by atoms with E-state index < -0.39 is 0 Å². The highest BCUT2D eigenvalue weighted by Crippen LogP contribution is 2.30. The average molecular weight is 399 g/mol. The number of methoxy groups -OCH3 is 1. The second-order valence-corrected chi connectivity index (χ2v) is 6.12. The number of aromatic nitrogens is 2. The Balaban J connectivity index is 1.73. The number of halogens is 1. The zero-order chi connectivity index (χ0) is 19.9. The number of esters is 1. The number of hydrogen-bond acceptors (Lipinski definition) is 7. The van der Waals surface area contributed by atoms with Gasteiger partial charge in [0.25, 0.3) is 0 Å². The second-order valence-electron chi connectivity index (χ2n) is 5.68. The van der Waals surface area contributed by atoms with E-state index in [0.717, 1.165) is 5.69 Å². The highest BCUT2D eigenvalue weighted by molar-refractivity contribution is 6.31. The van der Waals surface area contributed by atoms with Gasteiger partial charge in [-0.15, -0.1) is 0 Å². The van der Waals surface area contributed by atoms with Crippen molar-refractivity contribution in [3.63, 3.8) is 0 Å². The third-order valence-electron chi connectivity index (χ3n) is 3.76. The van der Waals surface area contributed by atoms with Crippen molar-refractivity contribution in [1.82, 2.24) is 9.97 Å². The summed E-state index contributed by atoms with van der Waals surface area (Å²) in [7, 11) is 1.58. The van der Waals surface area contributed by atoms with E-state index in [0.29, 0.717) is 40.3 Å². The Labute approximate surface area is 167 Å². The van der Waals surface area contributed by atoms with Gasteiger partial charge in [0.15, 0.2) is 0 Å². The number of carbonyl (C=O) groups excluding carboxylic acids is 1. The SMILES string of the molecule is CCOC(=O)c1ccc(Nc2cc(Nc3cc(Cl)ccc3OC)ncn2)cc1. The van der Waals surface area contributed by atoms with Crippen molar-refractivity contribution < 1.29 is 14.3 Å². The normalized spacial score (nSPS) is 10.2. The molecule has 28 heavy (non-hydrogen) atoms. The zero-order valence-corrected chi connectivity index (χ0v) is 16.2. The van der Waals surface area contributed by atoms with Crippen LogP contribution in [-0.2, 0) is 4.74 Å². The molecule has 0 aliphatic rings. The van der Waals surface area contributed by atoms with Gasteiger partial charge in [-0.3, -0.25) is 0 Å².